The van der Waals surface area contributed by atoms with Crippen molar-refractivity contribution in [2.75, 3.05) is 6.61 Å². The standard InChI is InChI=1S/C13H18N2O2/c1-3-10(4-2)15-12(9-17-13(15)16)11-7-5-6-8-14-11/h5-8,10,12H,3-4,9H2,1-2H3/t12-/m1/s1. The summed E-state index contributed by atoms with van der Waals surface area (Å²) in [5, 5.41) is 0. The van der Waals surface area contributed by atoms with E-state index < -0.39 is 0 Å². The van der Waals surface area contributed by atoms with Gasteiger partial charge in [0.1, 0.15) is 12.6 Å². The summed E-state index contributed by atoms with van der Waals surface area (Å²) in [5.41, 5.74) is 0.908. The van der Waals surface area contributed by atoms with Crippen molar-refractivity contribution in [2.45, 2.75) is 38.8 Å². The van der Waals surface area contributed by atoms with Gasteiger partial charge in [0, 0.05) is 12.2 Å². The molecule has 4 heteroatoms. The molecule has 0 bridgehead atoms. The van der Waals surface area contributed by atoms with Crippen LogP contribution in [-0.2, 0) is 4.74 Å². The molecule has 1 amide bonds. The number of pyridine rings is 1. The Labute approximate surface area is 102 Å². The van der Waals surface area contributed by atoms with Gasteiger partial charge in [-0.25, -0.2) is 4.79 Å². The zero-order valence-corrected chi connectivity index (χ0v) is 10.3. The second-order valence-electron chi connectivity index (χ2n) is 4.22. The third-order valence-electron chi connectivity index (χ3n) is 3.28. The van der Waals surface area contributed by atoms with Gasteiger partial charge in [0.15, 0.2) is 0 Å². The molecule has 0 N–H and O–H groups in total. The number of nitrogens with zero attached hydrogens (tertiary/aromatic N) is 2. The number of rotatable bonds is 4. The first-order valence-electron chi connectivity index (χ1n) is 6.14. The van der Waals surface area contributed by atoms with Crippen LogP contribution in [0.25, 0.3) is 0 Å². The Kier molecular flexibility index (Phi) is 3.61. The quantitative estimate of drug-likeness (QED) is 0.804. The molecule has 17 heavy (non-hydrogen) atoms. The van der Waals surface area contributed by atoms with E-state index in [-0.39, 0.29) is 18.2 Å². The molecule has 0 unspecified atom stereocenters. The number of cyclic esters (lactones) is 1. The Balaban J connectivity index is 2.25. The van der Waals surface area contributed by atoms with Crippen LogP contribution in [0, 0.1) is 0 Å². The Bertz CT molecular complexity index is 376. The zero-order chi connectivity index (χ0) is 12.3. The van der Waals surface area contributed by atoms with Crippen LogP contribution >= 0.6 is 0 Å². The highest BCUT2D eigenvalue weighted by atomic mass is 16.6. The van der Waals surface area contributed by atoms with Gasteiger partial charge in [-0.15, -0.1) is 0 Å². The third kappa shape index (κ3) is 2.25. The Morgan fingerprint density at radius 1 is 1.47 bits per heavy atom. The molecular weight excluding hydrogens is 216 g/mol. The van der Waals surface area contributed by atoms with E-state index in [1.807, 2.05) is 23.1 Å². The van der Waals surface area contributed by atoms with Gasteiger partial charge >= 0.3 is 6.09 Å². The van der Waals surface area contributed by atoms with E-state index in [1.54, 1.807) is 6.20 Å². The van der Waals surface area contributed by atoms with Crippen molar-refractivity contribution >= 4 is 6.09 Å². The lowest BCUT2D eigenvalue weighted by atomic mass is 10.1. The molecule has 0 radical (unpaired) electrons. The maximum Gasteiger partial charge on any atom is 0.410 e. The van der Waals surface area contributed by atoms with Crippen molar-refractivity contribution in [3.8, 4) is 0 Å². The minimum atomic E-state index is -0.214. The lowest BCUT2D eigenvalue weighted by molar-refractivity contribution is 0.141. The van der Waals surface area contributed by atoms with Gasteiger partial charge in [0.2, 0.25) is 0 Å². The van der Waals surface area contributed by atoms with Gasteiger partial charge in [0.25, 0.3) is 0 Å². The molecule has 0 aliphatic carbocycles. The van der Waals surface area contributed by atoms with Crippen LogP contribution in [0.1, 0.15) is 38.4 Å². The zero-order valence-electron chi connectivity index (χ0n) is 10.3. The van der Waals surface area contributed by atoms with Crippen LogP contribution < -0.4 is 0 Å². The normalized spacial score (nSPS) is 19.8. The van der Waals surface area contributed by atoms with Crippen LogP contribution in [0.3, 0.4) is 0 Å². The Morgan fingerprint density at radius 3 is 2.82 bits per heavy atom. The van der Waals surface area contributed by atoms with Gasteiger partial charge < -0.3 is 4.74 Å². The topological polar surface area (TPSA) is 42.4 Å². The first-order chi connectivity index (χ1) is 8.27. The van der Waals surface area contributed by atoms with Crippen LogP contribution in [0.15, 0.2) is 24.4 Å². The van der Waals surface area contributed by atoms with Crippen LogP contribution in [0.2, 0.25) is 0 Å². The first-order valence-corrected chi connectivity index (χ1v) is 6.14. The highest BCUT2D eigenvalue weighted by Crippen LogP contribution is 2.30. The summed E-state index contributed by atoms with van der Waals surface area (Å²) in [5.74, 6) is 0. The molecule has 1 atom stereocenters. The SMILES string of the molecule is CCC(CC)N1C(=O)OC[C@@H]1c1ccccn1. The number of hydrogen-bond acceptors (Lipinski definition) is 3. The van der Waals surface area contributed by atoms with Gasteiger partial charge in [-0.2, -0.15) is 0 Å². The molecule has 0 aromatic carbocycles. The predicted molar refractivity (Wildman–Crippen MR) is 64.5 cm³/mol. The molecule has 1 aliphatic rings. The minimum Gasteiger partial charge on any atom is -0.447 e. The Hall–Kier alpha value is -1.58. The molecule has 1 aliphatic heterocycles. The van der Waals surface area contributed by atoms with Crippen LogP contribution in [0.5, 0.6) is 0 Å². The molecule has 1 aromatic rings. The van der Waals surface area contributed by atoms with Crippen molar-refractivity contribution < 1.29 is 9.53 Å². The van der Waals surface area contributed by atoms with Gasteiger partial charge in [-0.1, -0.05) is 19.9 Å². The van der Waals surface area contributed by atoms with E-state index in [9.17, 15) is 4.79 Å². The monoisotopic (exact) mass is 234 g/mol. The van der Waals surface area contributed by atoms with E-state index >= 15 is 0 Å². The van der Waals surface area contributed by atoms with E-state index in [4.69, 9.17) is 4.74 Å². The van der Waals surface area contributed by atoms with E-state index in [1.165, 1.54) is 0 Å². The summed E-state index contributed by atoms with van der Waals surface area (Å²) in [4.78, 5) is 18.0. The molecule has 1 fully saturated rings. The fraction of sp³-hybridized carbons (Fsp3) is 0.538. The molecule has 2 heterocycles. The molecule has 0 saturated carbocycles. The average Bonchev–Trinajstić information content (AvgIpc) is 2.75. The van der Waals surface area contributed by atoms with E-state index in [0.29, 0.717) is 6.61 Å². The smallest absolute Gasteiger partial charge is 0.410 e. The van der Waals surface area contributed by atoms with Crippen LogP contribution in [-0.4, -0.2) is 28.6 Å². The number of hydrogen-bond donors (Lipinski definition) is 0. The highest BCUT2D eigenvalue weighted by Gasteiger charge is 2.38. The summed E-state index contributed by atoms with van der Waals surface area (Å²) >= 11 is 0. The molecule has 4 nitrogen and oxygen atoms in total. The molecule has 1 aromatic heterocycles. The average molecular weight is 234 g/mol. The van der Waals surface area contributed by atoms with Gasteiger partial charge in [-0.05, 0) is 25.0 Å². The lowest BCUT2D eigenvalue weighted by Gasteiger charge is -2.28. The molecule has 92 valence electrons. The van der Waals surface area contributed by atoms with Crippen molar-refractivity contribution in [1.29, 1.82) is 0 Å². The summed E-state index contributed by atoms with van der Waals surface area (Å²) in [6, 6.07) is 5.96. The van der Waals surface area contributed by atoms with E-state index in [0.717, 1.165) is 18.5 Å². The first kappa shape index (κ1) is 11.9. The molecule has 2 rings (SSSR count). The van der Waals surface area contributed by atoms with Gasteiger partial charge in [0.05, 0.1) is 5.69 Å². The Morgan fingerprint density at radius 2 is 2.24 bits per heavy atom. The molecule has 1 saturated heterocycles. The summed E-state index contributed by atoms with van der Waals surface area (Å²) in [6.07, 6.45) is 3.42. The summed E-state index contributed by atoms with van der Waals surface area (Å²) < 4.78 is 5.16. The number of carbonyl (C=O) groups excluding carboxylic acids is 1. The highest BCUT2D eigenvalue weighted by molar-refractivity contribution is 5.70. The maximum absolute atomic E-state index is 11.8. The second-order valence-corrected chi connectivity index (χ2v) is 4.22. The van der Waals surface area contributed by atoms with Crippen LogP contribution in [0.4, 0.5) is 4.79 Å². The van der Waals surface area contributed by atoms with E-state index in [2.05, 4.69) is 18.8 Å². The fourth-order valence-electron chi connectivity index (χ4n) is 2.32. The molecular formula is C13H18N2O2. The maximum atomic E-state index is 11.8. The molecule has 0 spiro atoms. The number of carbonyl (C=O) groups is 1. The second kappa shape index (κ2) is 5.17. The fourth-order valence-corrected chi connectivity index (χ4v) is 2.32. The summed E-state index contributed by atoms with van der Waals surface area (Å²) in [7, 11) is 0. The largest absolute Gasteiger partial charge is 0.447 e. The van der Waals surface area contributed by atoms with Crippen molar-refractivity contribution in [1.82, 2.24) is 9.88 Å². The van der Waals surface area contributed by atoms with Crippen molar-refractivity contribution in [3.63, 3.8) is 0 Å². The lowest BCUT2D eigenvalue weighted by Crippen LogP contribution is -2.37. The van der Waals surface area contributed by atoms with Crippen molar-refractivity contribution in [2.24, 2.45) is 0 Å². The van der Waals surface area contributed by atoms with Gasteiger partial charge in [-0.3, -0.25) is 9.88 Å². The minimum absolute atomic E-state index is 0.0337. The third-order valence-corrected chi connectivity index (χ3v) is 3.28. The summed E-state index contributed by atoms with van der Waals surface area (Å²) in [6.45, 7) is 4.59. The number of aromatic nitrogens is 1. The van der Waals surface area contributed by atoms with Crippen molar-refractivity contribution in [3.05, 3.63) is 30.1 Å². The number of ether oxygens (including phenoxy) is 1. The predicted octanol–water partition coefficient (Wildman–Crippen LogP) is 2.76. The number of amides is 1.